The van der Waals surface area contributed by atoms with Crippen LogP contribution in [-0.4, -0.2) is 41.5 Å². The second kappa shape index (κ2) is 8.90. The molecule has 0 bridgehead atoms. The zero-order valence-corrected chi connectivity index (χ0v) is 15.7. The van der Waals surface area contributed by atoms with Gasteiger partial charge in [-0.3, -0.25) is 9.78 Å². The number of piperidine rings is 1. The van der Waals surface area contributed by atoms with Gasteiger partial charge in [0.1, 0.15) is 12.4 Å². The number of halogens is 1. The van der Waals surface area contributed by atoms with E-state index >= 15 is 0 Å². The summed E-state index contributed by atoms with van der Waals surface area (Å²) in [5.41, 5.74) is 1.58. The fraction of sp³-hybridized carbons (Fsp3) is 0.400. The minimum Gasteiger partial charge on any atom is -0.492 e. The van der Waals surface area contributed by atoms with E-state index in [-0.39, 0.29) is 11.9 Å². The van der Waals surface area contributed by atoms with Crippen molar-refractivity contribution < 1.29 is 9.53 Å². The molecule has 0 radical (unpaired) electrons. The van der Waals surface area contributed by atoms with Crippen molar-refractivity contribution in [3.05, 3.63) is 53.3 Å². The molecule has 1 amide bonds. The number of nitrogens with one attached hydrogen (secondary N) is 1. The second-order valence-corrected chi connectivity index (χ2v) is 6.97. The zero-order chi connectivity index (χ0) is 18.4. The Labute approximate surface area is 159 Å². The molecule has 1 saturated heterocycles. The highest BCUT2D eigenvalue weighted by molar-refractivity contribution is 6.31. The summed E-state index contributed by atoms with van der Waals surface area (Å²) in [6, 6.07) is 9.30. The van der Waals surface area contributed by atoms with Crippen molar-refractivity contribution in [2.75, 3.05) is 25.0 Å². The molecule has 26 heavy (non-hydrogen) atoms. The second-order valence-electron chi connectivity index (χ2n) is 6.53. The Hall–Kier alpha value is -2.27. The van der Waals surface area contributed by atoms with E-state index in [1.54, 1.807) is 30.6 Å². The van der Waals surface area contributed by atoms with Crippen molar-refractivity contribution in [3.63, 3.8) is 0 Å². The number of ether oxygens (including phenoxy) is 1. The summed E-state index contributed by atoms with van der Waals surface area (Å²) in [5.74, 6) is 0.640. The number of hydrogen-bond donors (Lipinski definition) is 1. The molecule has 1 unspecified atom stereocenters. The van der Waals surface area contributed by atoms with Gasteiger partial charge in [0.25, 0.3) is 5.91 Å². The molecule has 138 valence electrons. The molecule has 1 atom stereocenters. The molecular weight excluding hydrogens is 350 g/mol. The third kappa shape index (κ3) is 4.88. The Morgan fingerprint density at radius 3 is 2.88 bits per heavy atom. The van der Waals surface area contributed by atoms with Gasteiger partial charge in [-0.1, -0.05) is 11.6 Å². The van der Waals surface area contributed by atoms with Crippen LogP contribution in [0.25, 0.3) is 0 Å². The first-order chi connectivity index (χ1) is 12.6. The third-order valence-corrected chi connectivity index (χ3v) is 4.78. The molecular formula is C20H24ClN3O2. The van der Waals surface area contributed by atoms with Crippen LogP contribution in [-0.2, 0) is 0 Å². The highest BCUT2D eigenvalue weighted by atomic mass is 35.5. The Kier molecular flexibility index (Phi) is 6.34. The van der Waals surface area contributed by atoms with E-state index in [2.05, 4.69) is 17.2 Å². The summed E-state index contributed by atoms with van der Waals surface area (Å²) < 4.78 is 5.78. The van der Waals surface area contributed by atoms with E-state index < -0.39 is 0 Å². The molecule has 1 fully saturated rings. The SMILES string of the molecule is CC1CCCCN1C(=O)c1cc(Cl)cc(OCCNc2ccncc2)c1. The van der Waals surface area contributed by atoms with Crippen LogP contribution in [0.15, 0.2) is 42.7 Å². The molecule has 0 aliphatic carbocycles. The molecule has 2 aromatic rings. The van der Waals surface area contributed by atoms with Gasteiger partial charge in [-0.15, -0.1) is 0 Å². The smallest absolute Gasteiger partial charge is 0.254 e. The number of nitrogens with zero attached hydrogens (tertiary/aromatic N) is 2. The minimum absolute atomic E-state index is 0.0273. The Bertz CT molecular complexity index is 739. The summed E-state index contributed by atoms with van der Waals surface area (Å²) in [6.07, 6.45) is 6.76. The zero-order valence-electron chi connectivity index (χ0n) is 15.0. The molecule has 1 aliphatic heterocycles. The Morgan fingerprint density at radius 2 is 2.12 bits per heavy atom. The van der Waals surface area contributed by atoms with Gasteiger partial charge in [-0.05, 0) is 56.5 Å². The van der Waals surface area contributed by atoms with Gasteiger partial charge < -0.3 is 15.0 Å². The average molecular weight is 374 g/mol. The Balaban J connectivity index is 1.59. The summed E-state index contributed by atoms with van der Waals surface area (Å²) in [5, 5.41) is 3.76. The first kappa shape index (κ1) is 18.5. The third-order valence-electron chi connectivity index (χ3n) is 4.56. The van der Waals surface area contributed by atoms with Crippen molar-refractivity contribution in [1.29, 1.82) is 0 Å². The maximum atomic E-state index is 12.8. The molecule has 5 nitrogen and oxygen atoms in total. The van der Waals surface area contributed by atoms with Crippen molar-refractivity contribution in [1.82, 2.24) is 9.88 Å². The molecule has 1 aromatic heterocycles. The number of amides is 1. The number of pyridine rings is 1. The van der Waals surface area contributed by atoms with Gasteiger partial charge in [0.05, 0.1) is 0 Å². The molecule has 1 aliphatic rings. The van der Waals surface area contributed by atoms with Crippen LogP contribution in [0, 0.1) is 0 Å². The van der Waals surface area contributed by atoms with Gasteiger partial charge in [0.2, 0.25) is 0 Å². The quantitative estimate of drug-likeness (QED) is 0.769. The first-order valence-corrected chi connectivity index (χ1v) is 9.39. The van der Waals surface area contributed by atoms with Gasteiger partial charge in [-0.25, -0.2) is 0 Å². The number of rotatable bonds is 6. The van der Waals surface area contributed by atoms with E-state index in [9.17, 15) is 4.79 Å². The van der Waals surface area contributed by atoms with Crippen LogP contribution in [0.5, 0.6) is 5.75 Å². The molecule has 1 N–H and O–H groups in total. The maximum absolute atomic E-state index is 12.8. The molecule has 1 aromatic carbocycles. The van der Waals surface area contributed by atoms with Crippen LogP contribution in [0.1, 0.15) is 36.5 Å². The fourth-order valence-electron chi connectivity index (χ4n) is 3.17. The topological polar surface area (TPSA) is 54.5 Å². The lowest BCUT2D eigenvalue weighted by Crippen LogP contribution is -2.42. The highest BCUT2D eigenvalue weighted by Crippen LogP contribution is 2.25. The predicted octanol–water partition coefficient (Wildman–Crippen LogP) is 4.24. The minimum atomic E-state index is 0.0273. The Morgan fingerprint density at radius 1 is 1.31 bits per heavy atom. The van der Waals surface area contributed by atoms with E-state index in [0.29, 0.717) is 29.5 Å². The lowest BCUT2D eigenvalue weighted by atomic mass is 10.0. The average Bonchev–Trinajstić information content (AvgIpc) is 2.65. The number of aromatic nitrogens is 1. The number of hydrogen-bond acceptors (Lipinski definition) is 4. The first-order valence-electron chi connectivity index (χ1n) is 9.02. The van der Waals surface area contributed by atoms with E-state index in [0.717, 1.165) is 25.1 Å². The van der Waals surface area contributed by atoms with Crippen LogP contribution in [0.3, 0.4) is 0 Å². The van der Waals surface area contributed by atoms with E-state index in [1.165, 1.54) is 6.42 Å². The molecule has 3 rings (SSSR count). The van der Waals surface area contributed by atoms with Crippen molar-refractivity contribution in [2.24, 2.45) is 0 Å². The maximum Gasteiger partial charge on any atom is 0.254 e. The molecule has 6 heteroatoms. The molecule has 0 spiro atoms. The van der Waals surface area contributed by atoms with Gasteiger partial charge in [-0.2, -0.15) is 0 Å². The number of carbonyl (C=O) groups is 1. The highest BCUT2D eigenvalue weighted by Gasteiger charge is 2.24. The largest absolute Gasteiger partial charge is 0.492 e. The summed E-state index contributed by atoms with van der Waals surface area (Å²) >= 11 is 6.20. The summed E-state index contributed by atoms with van der Waals surface area (Å²) in [6.45, 7) is 4.02. The van der Waals surface area contributed by atoms with E-state index in [1.807, 2.05) is 17.0 Å². The number of carbonyl (C=O) groups excluding carboxylic acids is 1. The standard InChI is InChI=1S/C20H24ClN3O2/c1-15-4-2-3-10-24(15)20(25)16-12-17(21)14-19(13-16)26-11-9-23-18-5-7-22-8-6-18/h5-8,12-15H,2-4,9-11H2,1H3,(H,22,23). The van der Waals surface area contributed by atoms with Crippen LogP contribution < -0.4 is 10.1 Å². The lowest BCUT2D eigenvalue weighted by Gasteiger charge is -2.33. The summed E-state index contributed by atoms with van der Waals surface area (Å²) in [7, 11) is 0. The number of likely N-dealkylation sites (tertiary alicyclic amines) is 1. The normalized spacial score (nSPS) is 17.0. The number of anilines is 1. The van der Waals surface area contributed by atoms with Gasteiger partial charge >= 0.3 is 0 Å². The van der Waals surface area contributed by atoms with Crippen LogP contribution >= 0.6 is 11.6 Å². The molecule has 2 heterocycles. The lowest BCUT2D eigenvalue weighted by molar-refractivity contribution is 0.0635. The van der Waals surface area contributed by atoms with Crippen molar-refractivity contribution in [3.8, 4) is 5.75 Å². The van der Waals surface area contributed by atoms with Crippen LogP contribution in [0.2, 0.25) is 5.02 Å². The van der Waals surface area contributed by atoms with Crippen molar-refractivity contribution in [2.45, 2.75) is 32.2 Å². The van der Waals surface area contributed by atoms with Gasteiger partial charge in [0, 0.05) is 47.8 Å². The monoisotopic (exact) mass is 373 g/mol. The number of benzene rings is 1. The molecule has 0 saturated carbocycles. The van der Waals surface area contributed by atoms with E-state index in [4.69, 9.17) is 16.3 Å². The van der Waals surface area contributed by atoms with Crippen molar-refractivity contribution >= 4 is 23.2 Å². The fourth-order valence-corrected chi connectivity index (χ4v) is 3.39. The van der Waals surface area contributed by atoms with Crippen LogP contribution in [0.4, 0.5) is 5.69 Å². The summed E-state index contributed by atoms with van der Waals surface area (Å²) in [4.78, 5) is 18.7. The predicted molar refractivity (Wildman–Crippen MR) is 104 cm³/mol. The van der Waals surface area contributed by atoms with Gasteiger partial charge in [0.15, 0.2) is 0 Å².